The summed E-state index contributed by atoms with van der Waals surface area (Å²) in [5.41, 5.74) is 5.02. The fraction of sp³-hybridized carbons (Fsp3) is 0.625. The van der Waals surface area contributed by atoms with Crippen LogP contribution in [0, 0.1) is 6.92 Å². The molecule has 0 aliphatic heterocycles. The van der Waals surface area contributed by atoms with Crippen molar-refractivity contribution in [3.63, 3.8) is 0 Å². The van der Waals surface area contributed by atoms with E-state index < -0.39 is 0 Å². The minimum atomic E-state index is 0.421. The Hall–Kier alpha value is -1.38. The van der Waals surface area contributed by atoms with Gasteiger partial charge in [-0.3, -0.25) is 0 Å². The van der Waals surface area contributed by atoms with E-state index in [2.05, 4.69) is 63.0 Å². The molecule has 0 aliphatic rings. The molecule has 0 unspecified atom stereocenters. The van der Waals surface area contributed by atoms with Crippen molar-refractivity contribution in [1.82, 2.24) is 14.5 Å². The number of hydrogen-bond acceptors (Lipinski definition) is 2. The number of nitrogens with zero attached hydrogens (tertiary/aromatic N) is 3. The van der Waals surface area contributed by atoms with Crippen LogP contribution in [0.2, 0.25) is 0 Å². The van der Waals surface area contributed by atoms with Gasteiger partial charge in [-0.25, -0.2) is 9.97 Å². The molecule has 0 fully saturated rings. The average molecular weight is 259 g/mol. The molecule has 104 valence electrons. The Morgan fingerprint density at radius 3 is 2.05 bits per heavy atom. The van der Waals surface area contributed by atoms with E-state index in [4.69, 9.17) is 0 Å². The first-order valence-electron chi connectivity index (χ1n) is 7.21. The van der Waals surface area contributed by atoms with Crippen LogP contribution in [-0.2, 0) is 0 Å². The van der Waals surface area contributed by atoms with Crippen LogP contribution in [0.4, 0.5) is 0 Å². The molecule has 0 bridgehead atoms. The maximum absolute atomic E-state index is 4.56. The van der Waals surface area contributed by atoms with Gasteiger partial charge in [-0.2, -0.15) is 0 Å². The number of hydrogen-bond donors (Lipinski definition) is 0. The standard InChI is InChI=1S/C16H25N3/c1-9(2)13-12(7)19(11(5)6)16-14(13)15(10(3)4)17-8-18-16/h8-11H,1-7H3. The van der Waals surface area contributed by atoms with E-state index in [0.717, 1.165) is 5.65 Å². The third-order valence-corrected chi connectivity index (χ3v) is 3.75. The number of fused-ring (bicyclic) bond motifs is 1. The molecule has 0 aromatic carbocycles. The molecule has 2 aromatic rings. The predicted molar refractivity (Wildman–Crippen MR) is 80.8 cm³/mol. The molecule has 2 heterocycles. The van der Waals surface area contributed by atoms with E-state index >= 15 is 0 Å². The van der Waals surface area contributed by atoms with Crippen LogP contribution in [0.5, 0.6) is 0 Å². The van der Waals surface area contributed by atoms with E-state index in [-0.39, 0.29) is 0 Å². The number of rotatable bonds is 3. The Morgan fingerprint density at radius 2 is 1.58 bits per heavy atom. The van der Waals surface area contributed by atoms with E-state index in [1.807, 2.05) is 0 Å². The summed E-state index contributed by atoms with van der Waals surface area (Å²) in [4.78, 5) is 9.10. The van der Waals surface area contributed by atoms with Crippen LogP contribution >= 0.6 is 0 Å². The highest BCUT2D eigenvalue weighted by molar-refractivity contribution is 5.85. The summed E-state index contributed by atoms with van der Waals surface area (Å²) in [6.07, 6.45) is 1.71. The third-order valence-electron chi connectivity index (χ3n) is 3.75. The van der Waals surface area contributed by atoms with Gasteiger partial charge in [-0.15, -0.1) is 0 Å². The minimum Gasteiger partial charge on any atom is -0.327 e. The third kappa shape index (κ3) is 2.15. The fourth-order valence-electron chi connectivity index (χ4n) is 3.08. The molecule has 19 heavy (non-hydrogen) atoms. The first-order valence-corrected chi connectivity index (χ1v) is 7.21. The second kappa shape index (κ2) is 4.95. The Morgan fingerprint density at radius 1 is 0.947 bits per heavy atom. The lowest BCUT2D eigenvalue weighted by molar-refractivity contribution is 0.597. The van der Waals surface area contributed by atoms with Gasteiger partial charge in [0.25, 0.3) is 0 Å². The van der Waals surface area contributed by atoms with Gasteiger partial charge in [-0.05, 0) is 38.2 Å². The highest BCUT2D eigenvalue weighted by Crippen LogP contribution is 2.36. The smallest absolute Gasteiger partial charge is 0.144 e. The van der Waals surface area contributed by atoms with Crippen molar-refractivity contribution in [2.75, 3.05) is 0 Å². The summed E-state index contributed by atoms with van der Waals surface area (Å²) >= 11 is 0. The van der Waals surface area contributed by atoms with Gasteiger partial charge in [0.2, 0.25) is 0 Å². The second-order valence-corrected chi connectivity index (χ2v) is 6.23. The second-order valence-electron chi connectivity index (χ2n) is 6.23. The van der Waals surface area contributed by atoms with Crippen LogP contribution < -0.4 is 0 Å². The molecular weight excluding hydrogens is 234 g/mol. The van der Waals surface area contributed by atoms with Crippen LogP contribution in [0.1, 0.15) is 76.4 Å². The highest BCUT2D eigenvalue weighted by Gasteiger charge is 2.22. The van der Waals surface area contributed by atoms with Gasteiger partial charge < -0.3 is 4.57 Å². The zero-order chi connectivity index (χ0) is 14.3. The maximum atomic E-state index is 4.56. The van der Waals surface area contributed by atoms with Crippen molar-refractivity contribution >= 4 is 11.0 Å². The van der Waals surface area contributed by atoms with Crippen molar-refractivity contribution in [2.24, 2.45) is 0 Å². The molecule has 0 radical (unpaired) electrons. The quantitative estimate of drug-likeness (QED) is 0.808. The van der Waals surface area contributed by atoms with Gasteiger partial charge in [0.15, 0.2) is 0 Å². The normalized spacial score (nSPS) is 12.3. The van der Waals surface area contributed by atoms with Crippen molar-refractivity contribution in [3.05, 3.63) is 23.3 Å². The van der Waals surface area contributed by atoms with Gasteiger partial charge in [0.1, 0.15) is 12.0 Å². The molecule has 2 aromatic heterocycles. The molecule has 2 rings (SSSR count). The lowest BCUT2D eigenvalue weighted by Crippen LogP contribution is -2.04. The van der Waals surface area contributed by atoms with E-state index in [1.165, 1.54) is 22.3 Å². The molecule has 0 N–H and O–H groups in total. The Labute approximate surface area is 116 Å². The largest absolute Gasteiger partial charge is 0.327 e. The zero-order valence-electron chi connectivity index (χ0n) is 13.2. The average Bonchev–Trinajstić information content (AvgIpc) is 2.59. The van der Waals surface area contributed by atoms with Gasteiger partial charge in [-0.1, -0.05) is 27.7 Å². The molecule has 0 atom stereocenters. The van der Waals surface area contributed by atoms with Crippen molar-refractivity contribution in [3.8, 4) is 0 Å². The van der Waals surface area contributed by atoms with Crippen LogP contribution in [0.3, 0.4) is 0 Å². The summed E-state index contributed by atoms with van der Waals surface area (Å²) < 4.78 is 2.35. The van der Waals surface area contributed by atoms with Crippen molar-refractivity contribution in [1.29, 1.82) is 0 Å². The van der Waals surface area contributed by atoms with Gasteiger partial charge in [0.05, 0.1) is 5.69 Å². The van der Waals surface area contributed by atoms with Crippen molar-refractivity contribution < 1.29 is 0 Å². The fourth-order valence-corrected chi connectivity index (χ4v) is 3.08. The predicted octanol–water partition coefficient (Wildman–Crippen LogP) is 4.57. The summed E-state index contributed by atoms with van der Waals surface area (Å²) in [7, 11) is 0. The highest BCUT2D eigenvalue weighted by atomic mass is 15.1. The Bertz CT molecular complexity index is 592. The molecule has 0 saturated carbocycles. The molecule has 0 saturated heterocycles. The first-order chi connectivity index (χ1) is 8.86. The van der Waals surface area contributed by atoms with Crippen LogP contribution in [0.25, 0.3) is 11.0 Å². The first kappa shape index (κ1) is 14.0. The van der Waals surface area contributed by atoms with Gasteiger partial charge in [0, 0.05) is 17.1 Å². The van der Waals surface area contributed by atoms with E-state index in [1.54, 1.807) is 6.33 Å². The SMILES string of the molecule is Cc1c(C(C)C)c2c(C(C)C)ncnc2n1C(C)C. The minimum absolute atomic E-state index is 0.421. The summed E-state index contributed by atoms with van der Waals surface area (Å²) in [5.74, 6) is 0.913. The molecule has 0 spiro atoms. The molecule has 3 heteroatoms. The van der Waals surface area contributed by atoms with Gasteiger partial charge >= 0.3 is 0 Å². The van der Waals surface area contributed by atoms with Crippen molar-refractivity contribution in [2.45, 2.75) is 66.3 Å². The molecule has 3 nitrogen and oxygen atoms in total. The zero-order valence-corrected chi connectivity index (χ0v) is 13.2. The van der Waals surface area contributed by atoms with E-state index in [0.29, 0.717) is 17.9 Å². The van der Waals surface area contributed by atoms with Crippen LogP contribution in [0.15, 0.2) is 6.33 Å². The monoisotopic (exact) mass is 259 g/mol. The lowest BCUT2D eigenvalue weighted by Gasteiger charge is -2.12. The summed E-state index contributed by atoms with van der Waals surface area (Å²) in [6, 6.07) is 0.421. The molecule has 0 aliphatic carbocycles. The molecular formula is C16H25N3. The molecule has 0 amide bonds. The Balaban J connectivity index is 2.94. The maximum Gasteiger partial charge on any atom is 0.144 e. The number of aromatic nitrogens is 3. The van der Waals surface area contributed by atoms with E-state index in [9.17, 15) is 0 Å². The summed E-state index contributed by atoms with van der Waals surface area (Å²) in [5, 5.41) is 1.28. The summed E-state index contributed by atoms with van der Waals surface area (Å²) in [6.45, 7) is 15.6. The van der Waals surface area contributed by atoms with Crippen LogP contribution in [-0.4, -0.2) is 14.5 Å². The Kier molecular flexibility index (Phi) is 3.66. The lowest BCUT2D eigenvalue weighted by atomic mass is 9.96. The topological polar surface area (TPSA) is 30.7 Å².